The molecule has 0 unspecified atom stereocenters. The fourth-order valence-electron chi connectivity index (χ4n) is 2.99. The lowest BCUT2D eigenvalue weighted by molar-refractivity contribution is -0.0328. The molecule has 2 aromatic heterocycles. The summed E-state index contributed by atoms with van der Waals surface area (Å²) in [5.41, 5.74) is -2.50. The van der Waals surface area contributed by atoms with Crippen LogP contribution in [0.1, 0.15) is 0 Å². The lowest BCUT2D eigenvalue weighted by atomic mass is 10.3. The SMILES string of the molecule is Cn1ccc2ncnc(Oc3ccc(NC(=O)Nc4cccc(SC(F)(F)F)c4)c(Cl)c3)c21. The summed E-state index contributed by atoms with van der Waals surface area (Å²) in [5, 5.41) is 5.23. The molecular formula is C21H15ClF3N5O2S. The molecule has 0 saturated carbocycles. The molecule has 2 N–H and O–H groups in total. The minimum Gasteiger partial charge on any atom is -0.437 e. The Morgan fingerprint density at radius 1 is 1.12 bits per heavy atom. The smallest absolute Gasteiger partial charge is 0.437 e. The Labute approximate surface area is 194 Å². The molecule has 4 aromatic rings. The summed E-state index contributed by atoms with van der Waals surface area (Å²) in [7, 11) is 1.84. The fourth-order valence-corrected chi connectivity index (χ4v) is 3.81. The number of nitrogens with one attached hydrogen (secondary N) is 2. The summed E-state index contributed by atoms with van der Waals surface area (Å²) in [6.45, 7) is 0. The second-order valence-electron chi connectivity index (χ2n) is 6.74. The number of rotatable bonds is 5. The van der Waals surface area contributed by atoms with Crippen LogP contribution in [0, 0.1) is 0 Å². The fraction of sp³-hybridized carbons (Fsp3) is 0.0952. The van der Waals surface area contributed by atoms with Crippen LogP contribution < -0.4 is 15.4 Å². The van der Waals surface area contributed by atoms with Crippen molar-refractivity contribution in [2.24, 2.45) is 7.05 Å². The standard InChI is InChI=1S/C21H15ClF3N5O2S/c1-30-8-7-17-18(30)19(27-11-26-17)32-13-5-6-16(15(22)10-13)29-20(31)28-12-3-2-4-14(9-12)33-21(23,24)25/h2-11H,1H3,(H2,28,29,31). The molecule has 0 aliphatic heterocycles. The van der Waals surface area contributed by atoms with E-state index >= 15 is 0 Å². The third-order valence-corrected chi connectivity index (χ3v) is 5.39. The van der Waals surface area contributed by atoms with Gasteiger partial charge in [-0.05, 0) is 48.2 Å². The van der Waals surface area contributed by atoms with Crippen LogP contribution in [0.4, 0.5) is 29.3 Å². The topological polar surface area (TPSA) is 81.1 Å². The van der Waals surface area contributed by atoms with Gasteiger partial charge in [0.05, 0.1) is 16.2 Å². The van der Waals surface area contributed by atoms with Gasteiger partial charge in [0.15, 0.2) is 0 Å². The Hall–Kier alpha value is -3.44. The van der Waals surface area contributed by atoms with Crippen molar-refractivity contribution in [3.8, 4) is 11.6 Å². The van der Waals surface area contributed by atoms with Crippen LogP contribution in [0.15, 0.2) is 66.0 Å². The first-order valence-corrected chi connectivity index (χ1v) is 10.5. The Balaban J connectivity index is 1.44. The number of benzene rings is 2. The minimum absolute atomic E-state index is 0.0446. The summed E-state index contributed by atoms with van der Waals surface area (Å²) in [4.78, 5) is 20.6. The van der Waals surface area contributed by atoms with Gasteiger partial charge >= 0.3 is 11.5 Å². The van der Waals surface area contributed by atoms with Crippen molar-refractivity contribution in [3.63, 3.8) is 0 Å². The molecule has 2 aromatic carbocycles. The highest BCUT2D eigenvalue weighted by Crippen LogP contribution is 2.37. The number of urea groups is 1. The van der Waals surface area contributed by atoms with Crippen molar-refractivity contribution in [1.29, 1.82) is 0 Å². The van der Waals surface area contributed by atoms with E-state index in [-0.39, 0.29) is 33.1 Å². The molecule has 4 rings (SSSR count). The lowest BCUT2D eigenvalue weighted by Crippen LogP contribution is -2.19. The quantitative estimate of drug-likeness (QED) is 0.303. The normalized spacial score (nSPS) is 11.4. The highest BCUT2D eigenvalue weighted by atomic mass is 35.5. The Morgan fingerprint density at radius 2 is 1.94 bits per heavy atom. The van der Waals surface area contributed by atoms with Crippen LogP contribution in [0.5, 0.6) is 11.6 Å². The first-order chi connectivity index (χ1) is 15.7. The number of amides is 2. The molecule has 33 heavy (non-hydrogen) atoms. The monoisotopic (exact) mass is 493 g/mol. The number of carbonyl (C=O) groups is 1. The van der Waals surface area contributed by atoms with Gasteiger partial charge in [-0.3, -0.25) is 0 Å². The summed E-state index contributed by atoms with van der Waals surface area (Å²) in [5.74, 6) is 0.739. The average molecular weight is 494 g/mol. The third-order valence-electron chi connectivity index (χ3n) is 4.35. The van der Waals surface area contributed by atoms with Gasteiger partial charge in [0.1, 0.15) is 17.6 Å². The third kappa shape index (κ3) is 5.68. The van der Waals surface area contributed by atoms with E-state index < -0.39 is 11.5 Å². The number of aryl methyl sites for hydroxylation is 1. The van der Waals surface area contributed by atoms with Gasteiger partial charge < -0.3 is 19.9 Å². The molecule has 170 valence electrons. The predicted octanol–water partition coefficient (Wildman–Crippen LogP) is 6.67. The zero-order valence-electron chi connectivity index (χ0n) is 16.9. The summed E-state index contributed by atoms with van der Waals surface area (Å²) < 4.78 is 45.3. The number of aromatic nitrogens is 3. The second-order valence-corrected chi connectivity index (χ2v) is 8.28. The molecule has 0 aliphatic rings. The summed E-state index contributed by atoms with van der Waals surface area (Å²) in [6.07, 6.45) is 3.23. The largest absolute Gasteiger partial charge is 0.446 e. The van der Waals surface area contributed by atoms with E-state index in [0.29, 0.717) is 17.1 Å². The number of halogens is 4. The highest BCUT2D eigenvalue weighted by molar-refractivity contribution is 8.00. The van der Waals surface area contributed by atoms with E-state index in [1.54, 1.807) is 6.07 Å². The van der Waals surface area contributed by atoms with Crippen LogP contribution in [-0.4, -0.2) is 26.1 Å². The molecule has 0 spiro atoms. The molecule has 0 aliphatic carbocycles. The van der Waals surface area contributed by atoms with Crippen molar-refractivity contribution in [2.75, 3.05) is 10.6 Å². The Morgan fingerprint density at radius 3 is 2.70 bits per heavy atom. The number of fused-ring (bicyclic) bond motifs is 1. The molecule has 2 heterocycles. The van der Waals surface area contributed by atoms with Gasteiger partial charge in [-0.1, -0.05) is 17.7 Å². The van der Waals surface area contributed by atoms with Crippen LogP contribution in [0.3, 0.4) is 0 Å². The van der Waals surface area contributed by atoms with Crippen molar-refractivity contribution in [3.05, 3.63) is 66.1 Å². The average Bonchev–Trinajstić information content (AvgIpc) is 3.11. The van der Waals surface area contributed by atoms with Gasteiger partial charge in [-0.2, -0.15) is 18.2 Å². The Kier molecular flexibility index (Phi) is 6.34. The zero-order valence-corrected chi connectivity index (χ0v) is 18.4. The Bertz CT molecular complexity index is 1330. The maximum Gasteiger partial charge on any atom is 0.446 e. The van der Waals surface area contributed by atoms with Crippen molar-refractivity contribution < 1.29 is 22.7 Å². The van der Waals surface area contributed by atoms with E-state index in [1.807, 2.05) is 23.9 Å². The number of nitrogens with zero attached hydrogens (tertiary/aromatic N) is 3. The number of ether oxygens (including phenoxy) is 1. The number of hydrogen-bond donors (Lipinski definition) is 2. The van der Waals surface area contributed by atoms with E-state index in [1.165, 1.54) is 42.7 Å². The molecule has 2 amide bonds. The predicted molar refractivity (Wildman–Crippen MR) is 121 cm³/mol. The maximum atomic E-state index is 12.5. The van der Waals surface area contributed by atoms with Crippen molar-refractivity contribution in [2.45, 2.75) is 10.4 Å². The van der Waals surface area contributed by atoms with Crippen LogP contribution in [-0.2, 0) is 7.05 Å². The van der Waals surface area contributed by atoms with E-state index in [0.717, 1.165) is 5.52 Å². The van der Waals surface area contributed by atoms with E-state index in [2.05, 4.69) is 20.6 Å². The molecule has 0 bridgehead atoms. The van der Waals surface area contributed by atoms with Crippen molar-refractivity contribution in [1.82, 2.24) is 14.5 Å². The van der Waals surface area contributed by atoms with Gasteiger partial charge in [0.25, 0.3) is 0 Å². The van der Waals surface area contributed by atoms with E-state index in [4.69, 9.17) is 16.3 Å². The highest BCUT2D eigenvalue weighted by Gasteiger charge is 2.29. The number of thioether (sulfide) groups is 1. The summed E-state index contributed by atoms with van der Waals surface area (Å²) in [6, 6.07) is 11.2. The number of carbonyl (C=O) groups excluding carboxylic acids is 1. The van der Waals surface area contributed by atoms with Crippen LogP contribution in [0.25, 0.3) is 11.0 Å². The van der Waals surface area contributed by atoms with Gasteiger partial charge in [-0.15, -0.1) is 0 Å². The van der Waals surface area contributed by atoms with Crippen LogP contribution in [0.2, 0.25) is 5.02 Å². The molecule has 12 heteroatoms. The van der Waals surface area contributed by atoms with Crippen LogP contribution >= 0.6 is 23.4 Å². The molecule has 0 atom stereocenters. The second kappa shape index (κ2) is 9.20. The van der Waals surface area contributed by atoms with Gasteiger partial charge in [0, 0.05) is 29.9 Å². The first kappa shape index (κ1) is 22.7. The number of alkyl halides is 3. The number of hydrogen-bond acceptors (Lipinski definition) is 5. The van der Waals surface area contributed by atoms with Crippen molar-refractivity contribution >= 4 is 51.8 Å². The molecule has 0 saturated heterocycles. The molecule has 0 radical (unpaired) electrons. The minimum atomic E-state index is -4.42. The lowest BCUT2D eigenvalue weighted by Gasteiger charge is -2.12. The van der Waals surface area contributed by atoms with Gasteiger partial charge in [-0.25, -0.2) is 9.78 Å². The summed E-state index contributed by atoms with van der Waals surface area (Å²) >= 11 is 6.02. The van der Waals surface area contributed by atoms with Gasteiger partial charge in [0.2, 0.25) is 5.88 Å². The zero-order chi connectivity index (χ0) is 23.6. The van der Waals surface area contributed by atoms with E-state index in [9.17, 15) is 18.0 Å². The maximum absolute atomic E-state index is 12.5. The molecule has 7 nitrogen and oxygen atoms in total. The number of anilines is 2. The molecular weight excluding hydrogens is 479 g/mol. The molecule has 0 fully saturated rings. The first-order valence-electron chi connectivity index (χ1n) is 9.35.